The van der Waals surface area contributed by atoms with E-state index in [2.05, 4.69) is 5.32 Å². The van der Waals surface area contributed by atoms with Crippen LogP contribution in [0.2, 0.25) is 0 Å². The highest BCUT2D eigenvalue weighted by Crippen LogP contribution is 2.26. The average molecular weight is 293 g/mol. The summed E-state index contributed by atoms with van der Waals surface area (Å²) in [7, 11) is 0. The lowest BCUT2D eigenvalue weighted by Crippen LogP contribution is -2.39. The summed E-state index contributed by atoms with van der Waals surface area (Å²) in [5.74, 6) is -0.0404. The molecular weight excluding hydrogens is 269 g/mol. The quantitative estimate of drug-likeness (QED) is 0.875. The maximum atomic E-state index is 13.1. The molecule has 1 fully saturated rings. The van der Waals surface area contributed by atoms with Crippen molar-refractivity contribution in [2.45, 2.75) is 57.6 Å². The summed E-state index contributed by atoms with van der Waals surface area (Å²) in [6, 6.07) is 5.89. The molecule has 116 valence electrons. The van der Waals surface area contributed by atoms with Crippen molar-refractivity contribution in [3.63, 3.8) is 0 Å². The first-order chi connectivity index (χ1) is 10.1. The SMILES string of the molecule is CC(NC(=O)CC(O)c1cccc(F)c1)C1CCCCC1. The van der Waals surface area contributed by atoms with Gasteiger partial charge in [0, 0.05) is 6.04 Å². The highest BCUT2D eigenvalue weighted by Gasteiger charge is 2.22. The Morgan fingerprint density at radius 2 is 2.10 bits per heavy atom. The molecular formula is C17H24FNO2. The van der Waals surface area contributed by atoms with E-state index in [0.29, 0.717) is 11.5 Å². The van der Waals surface area contributed by atoms with Crippen LogP contribution in [-0.4, -0.2) is 17.1 Å². The third-order valence-electron chi connectivity index (χ3n) is 4.36. The van der Waals surface area contributed by atoms with E-state index < -0.39 is 11.9 Å². The molecule has 0 heterocycles. The van der Waals surface area contributed by atoms with Gasteiger partial charge in [-0.1, -0.05) is 31.4 Å². The minimum Gasteiger partial charge on any atom is -0.388 e. The lowest BCUT2D eigenvalue weighted by molar-refractivity contribution is -0.124. The third kappa shape index (κ3) is 4.81. The summed E-state index contributed by atoms with van der Waals surface area (Å²) >= 11 is 0. The van der Waals surface area contributed by atoms with Crippen LogP contribution >= 0.6 is 0 Å². The molecule has 1 aliphatic carbocycles. The Bertz CT molecular complexity index is 472. The molecule has 0 saturated heterocycles. The molecule has 2 atom stereocenters. The molecule has 1 aromatic carbocycles. The summed E-state index contributed by atoms with van der Waals surface area (Å²) < 4.78 is 13.1. The van der Waals surface area contributed by atoms with Crippen LogP contribution in [-0.2, 0) is 4.79 Å². The summed E-state index contributed by atoms with van der Waals surface area (Å²) in [5.41, 5.74) is 0.440. The first kappa shape index (κ1) is 16.0. The Morgan fingerprint density at radius 1 is 1.38 bits per heavy atom. The maximum absolute atomic E-state index is 13.1. The Morgan fingerprint density at radius 3 is 2.76 bits per heavy atom. The molecule has 4 heteroatoms. The zero-order valence-electron chi connectivity index (χ0n) is 12.5. The zero-order chi connectivity index (χ0) is 15.2. The summed E-state index contributed by atoms with van der Waals surface area (Å²) in [5, 5.41) is 13.0. The molecule has 2 rings (SSSR count). The number of carbonyl (C=O) groups is 1. The Hall–Kier alpha value is -1.42. The summed E-state index contributed by atoms with van der Waals surface area (Å²) in [6.07, 6.45) is 5.09. The van der Waals surface area contributed by atoms with E-state index in [1.54, 1.807) is 6.07 Å². The van der Waals surface area contributed by atoms with Crippen LogP contribution < -0.4 is 5.32 Å². The molecule has 21 heavy (non-hydrogen) atoms. The molecule has 0 bridgehead atoms. The van der Waals surface area contributed by atoms with Crippen LogP contribution in [0.4, 0.5) is 4.39 Å². The van der Waals surface area contributed by atoms with Gasteiger partial charge in [-0.2, -0.15) is 0 Å². The van der Waals surface area contributed by atoms with Crippen LogP contribution in [0.1, 0.15) is 57.1 Å². The second-order valence-corrected chi connectivity index (χ2v) is 6.03. The standard InChI is InChI=1S/C17H24FNO2/c1-12(13-6-3-2-4-7-13)19-17(21)11-16(20)14-8-5-9-15(18)10-14/h5,8-10,12-13,16,20H,2-4,6-7,11H2,1H3,(H,19,21). The Labute approximate surface area is 125 Å². The topological polar surface area (TPSA) is 49.3 Å². The van der Waals surface area contributed by atoms with Gasteiger partial charge in [-0.3, -0.25) is 4.79 Å². The lowest BCUT2D eigenvalue weighted by Gasteiger charge is -2.28. The fraction of sp³-hybridized carbons (Fsp3) is 0.588. The van der Waals surface area contributed by atoms with Gasteiger partial charge in [-0.05, 0) is 43.4 Å². The van der Waals surface area contributed by atoms with E-state index >= 15 is 0 Å². The van der Waals surface area contributed by atoms with Crippen molar-refractivity contribution in [1.82, 2.24) is 5.32 Å². The predicted octanol–water partition coefficient (Wildman–Crippen LogP) is 3.33. The van der Waals surface area contributed by atoms with Crippen molar-refractivity contribution >= 4 is 5.91 Å². The van der Waals surface area contributed by atoms with Crippen LogP contribution in [0.3, 0.4) is 0 Å². The maximum Gasteiger partial charge on any atom is 0.223 e. The summed E-state index contributed by atoms with van der Waals surface area (Å²) in [6.45, 7) is 2.03. The number of halogens is 1. The first-order valence-corrected chi connectivity index (χ1v) is 7.79. The molecule has 2 unspecified atom stereocenters. The van der Waals surface area contributed by atoms with Gasteiger partial charge in [-0.15, -0.1) is 0 Å². The van der Waals surface area contributed by atoms with Gasteiger partial charge in [0.25, 0.3) is 0 Å². The number of hydrogen-bond donors (Lipinski definition) is 2. The van der Waals surface area contributed by atoms with Gasteiger partial charge in [0.2, 0.25) is 5.91 Å². The number of aliphatic hydroxyl groups excluding tert-OH is 1. The molecule has 1 saturated carbocycles. The van der Waals surface area contributed by atoms with Gasteiger partial charge < -0.3 is 10.4 Å². The largest absolute Gasteiger partial charge is 0.388 e. The first-order valence-electron chi connectivity index (χ1n) is 7.79. The second-order valence-electron chi connectivity index (χ2n) is 6.03. The number of hydrogen-bond acceptors (Lipinski definition) is 2. The van der Waals surface area contributed by atoms with E-state index in [9.17, 15) is 14.3 Å². The number of rotatable bonds is 5. The van der Waals surface area contributed by atoms with Crippen molar-refractivity contribution in [3.8, 4) is 0 Å². The molecule has 3 nitrogen and oxygen atoms in total. The minimum atomic E-state index is -0.959. The number of nitrogens with one attached hydrogen (secondary N) is 1. The Balaban J connectivity index is 1.83. The molecule has 1 amide bonds. The predicted molar refractivity (Wildman–Crippen MR) is 80.2 cm³/mol. The third-order valence-corrected chi connectivity index (χ3v) is 4.36. The van der Waals surface area contributed by atoms with Gasteiger partial charge in [0.05, 0.1) is 12.5 Å². The lowest BCUT2D eigenvalue weighted by atomic mass is 9.84. The Kier molecular flexibility index (Phi) is 5.74. The van der Waals surface area contributed by atoms with Crippen molar-refractivity contribution < 1.29 is 14.3 Å². The van der Waals surface area contributed by atoms with Gasteiger partial charge >= 0.3 is 0 Å². The van der Waals surface area contributed by atoms with Crippen LogP contribution in [0.15, 0.2) is 24.3 Å². The molecule has 0 spiro atoms. The van der Waals surface area contributed by atoms with E-state index in [1.807, 2.05) is 6.92 Å². The smallest absolute Gasteiger partial charge is 0.223 e. The van der Waals surface area contributed by atoms with Crippen molar-refractivity contribution in [1.29, 1.82) is 0 Å². The van der Waals surface area contributed by atoms with E-state index in [0.717, 1.165) is 12.8 Å². The van der Waals surface area contributed by atoms with Gasteiger partial charge in [0.1, 0.15) is 5.82 Å². The van der Waals surface area contributed by atoms with Crippen molar-refractivity contribution in [2.75, 3.05) is 0 Å². The van der Waals surface area contributed by atoms with E-state index in [1.165, 1.54) is 37.5 Å². The van der Waals surface area contributed by atoms with Crippen LogP contribution in [0, 0.1) is 11.7 Å². The summed E-state index contributed by atoms with van der Waals surface area (Å²) in [4.78, 5) is 12.0. The number of amides is 1. The fourth-order valence-corrected chi connectivity index (χ4v) is 3.07. The number of aliphatic hydroxyl groups is 1. The molecule has 0 aromatic heterocycles. The highest BCUT2D eigenvalue weighted by molar-refractivity contribution is 5.76. The minimum absolute atomic E-state index is 0.0273. The fourth-order valence-electron chi connectivity index (χ4n) is 3.07. The van der Waals surface area contributed by atoms with Crippen molar-refractivity contribution in [3.05, 3.63) is 35.6 Å². The zero-order valence-corrected chi connectivity index (χ0v) is 12.5. The van der Waals surface area contributed by atoms with Gasteiger partial charge in [-0.25, -0.2) is 4.39 Å². The number of benzene rings is 1. The molecule has 1 aliphatic rings. The van der Waals surface area contributed by atoms with Crippen molar-refractivity contribution in [2.24, 2.45) is 5.92 Å². The highest BCUT2D eigenvalue weighted by atomic mass is 19.1. The van der Waals surface area contributed by atoms with E-state index in [4.69, 9.17) is 0 Å². The normalized spacial score (nSPS) is 19.0. The molecule has 2 N–H and O–H groups in total. The van der Waals surface area contributed by atoms with Crippen LogP contribution in [0.25, 0.3) is 0 Å². The molecule has 0 aliphatic heterocycles. The second kappa shape index (κ2) is 7.55. The molecule has 0 radical (unpaired) electrons. The molecule has 1 aromatic rings. The van der Waals surface area contributed by atoms with Crippen LogP contribution in [0.5, 0.6) is 0 Å². The number of carbonyl (C=O) groups excluding carboxylic acids is 1. The average Bonchev–Trinajstić information content (AvgIpc) is 2.48. The monoisotopic (exact) mass is 293 g/mol. The van der Waals surface area contributed by atoms with E-state index in [-0.39, 0.29) is 18.4 Å². The van der Waals surface area contributed by atoms with Gasteiger partial charge in [0.15, 0.2) is 0 Å².